The van der Waals surface area contributed by atoms with E-state index in [0.717, 1.165) is 12.1 Å². The van der Waals surface area contributed by atoms with Crippen molar-refractivity contribution in [3.63, 3.8) is 0 Å². The van der Waals surface area contributed by atoms with Crippen LogP contribution in [0.1, 0.15) is 29.3 Å². The lowest BCUT2D eigenvalue weighted by Crippen LogP contribution is -2.40. The lowest BCUT2D eigenvalue weighted by Gasteiger charge is -2.24. The number of aromatic nitrogens is 1. The first-order chi connectivity index (χ1) is 16.0. The summed E-state index contributed by atoms with van der Waals surface area (Å²) in [4.78, 5) is 21.8. The molecule has 0 aliphatic rings. The van der Waals surface area contributed by atoms with Crippen LogP contribution in [-0.2, 0) is 21.0 Å². The number of anilines is 2. The van der Waals surface area contributed by atoms with E-state index in [1.807, 2.05) is 68.2 Å². The molecule has 2 rings (SSSR count). The quantitative estimate of drug-likeness (QED) is 0.368. The monoisotopic (exact) mass is 492 g/mol. The van der Waals surface area contributed by atoms with Gasteiger partial charge in [0.05, 0.1) is 19.2 Å². The third-order valence-corrected chi connectivity index (χ3v) is 6.49. The summed E-state index contributed by atoms with van der Waals surface area (Å²) in [6, 6.07) is 12.4. The molecule has 0 saturated heterocycles. The molecule has 9 nitrogen and oxygen atoms in total. The van der Waals surface area contributed by atoms with Gasteiger partial charge in [0, 0.05) is 25.7 Å². The predicted molar refractivity (Wildman–Crippen MR) is 139 cm³/mol. The fourth-order valence-electron chi connectivity index (χ4n) is 3.41. The second-order valence-electron chi connectivity index (χ2n) is 8.70. The summed E-state index contributed by atoms with van der Waals surface area (Å²) in [6.45, 7) is 3.45. The zero-order valence-corrected chi connectivity index (χ0v) is 21.6. The van der Waals surface area contributed by atoms with E-state index in [1.54, 1.807) is 6.07 Å². The van der Waals surface area contributed by atoms with Crippen LogP contribution in [0, 0.1) is 0 Å². The van der Waals surface area contributed by atoms with Crippen molar-refractivity contribution in [1.82, 2.24) is 15.2 Å². The van der Waals surface area contributed by atoms with E-state index in [0.29, 0.717) is 37.3 Å². The largest absolute Gasteiger partial charge is 0.394 e. The Morgan fingerprint density at radius 1 is 1.09 bits per heavy atom. The number of pyridine rings is 1. The van der Waals surface area contributed by atoms with Gasteiger partial charge in [-0.1, -0.05) is 37.3 Å². The molecule has 0 saturated carbocycles. The molecule has 1 aromatic carbocycles. The lowest BCUT2D eigenvalue weighted by molar-refractivity contribution is 0.0916. The Kier molecular flexibility index (Phi) is 10.4. The Balaban J connectivity index is 2.38. The predicted octanol–water partition coefficient (Wildman–Crippen LogP) is 2.15. The number of nitrogens with one attached hydrogen (secondary N) is 1. The van der Waals surface area contributed by atoms with Crippen molar-refractivity contribution in [2.24, 2.45) is 0 Å². The maximum atomic E-state index is 13.2. The smallest absolute Gasteiger partial charge is 0.311 e. The maximum Gasteiger partial charge on any atom is 0.311 e. The maximum absolute atomic E-state index is 13.2. The Hall–Kier alpha value is -2.53. The van der Waals surface area contributed by atoms with Gasteiger partial charge in [0.2, 0.25) is 0 Å². The van der Waals surface area contributed by atoms with E-state index in [9.17, 15) is 18.7 Å². The number of hydrogen-bond donors (Lipinski definition) is 3. The van der Waals surface area contributed by atoms with Crippen LogP contribution in [0.15, 0.2) is 42.5 Å². The molecule has 1 amide bonds. The fraction of sp³-hybridized carbons (Fsp3) is 0.500. The van der Waals surface area contributed by atoms with Gasteiger partial charge in [-0.2, -0.15) is 4.55 Å². The number of aliphatic hydroxyl groups excluding tert-OH is 1. The van der Waals surface area contributed by atoms with Crippen LogP contribution < -0.4 is 14.5 Å². The number of benzene rings is 1. The van der Waals surface area contributed by atoms with Crippen LogP contribution in [0.4, 0.5) is 11.6 Å². The number of nitrogens with zero attached hydrogens (tertiary/aromatic N) is 4. The first-order valence-electron chi connectivity index (χ1n) is 11.4. The van der Waals surface area contributed by atoms with E-state index in [-0.39, 0.29) is 18.3 Å². The van der Waals surface area contributed by atoms with E-state index in [4.69, 9.17) is 0 Å². The molecule has 2 atom stereocenters. The van der Waals surface area contributed by atoms with Crippen LogP contribution in [-0.4, -0.2) is 85.1 Å². The summed E-state index contributed by atoms with van der Waals surface area (Å²) < 4.78 is 24.2. The van der Waals surface area contributed by atoms with Gasteiger partial charge in [0.25, 0.3) is 5.91 Å². The molecule has 0 bridgehead atoms. The molecule has 1 heterocycles. The first kappa shape index (κ1) is 27.7. The topological polar surface area (TPSA) is 109 Å². The molecule has 0 radical (unpaired) electrons. The molecular formula is C24H38N5O4S+. The lowest BCUT2D eigenvalue weighted by atomic mass is 10.1. The number of amides is 1. The standard InChI is InChI=1S/C24H37N5O4S/c1-6-12-29(34(5,32)33)23-17-20(16-22(26-23)28(4)14-13-27(2)3)24(31)25-21(18-30)15-19-10-8-7-9-11-19/h7-11,16-17,21,30H,6,12-15,18H2,1-5H3,(H-,25,31,32,33)/p+1. The second kappa shape index (κ2) is 12.8. The van der Waals surface area contributed by atoms with Crippen molar-refractivity contribution in [2.45, 2.75) is 25.8 Å². The minimum Gasteiger partial charge on any atom is -0.394 e. The molecule has 0 aliphatic heterocycles. The Morgan fingerprint density at radius 2 is 1.74 bits per heavy atom. The Labute approximate surface area is 204 Å². The fourth-order valence-corrected chi connectivity index (χ4v) is 4.37. The van der Waals surface area contributed by atoms with E-state index < -0.39 is 16.4 Å². The number of hydrogen-bond acceptors (Lipinski definition) is 6. The van der Waals surface area contributed by atoms with Gasteiger partial charge in [-0.3, -0.25) is 4.79 Å². The summed E-state index contributed by atoms with van der Waals surface area (Å²) in [5, 5.41) is 12.7. The average Bonchev–Trinajstić information content (AvgIpc) is 2.79. The molecular weight excluding hydrogens is 454 g/mol. The second-order valence-corrected chi connectivity index (χ2v) is 10.7. The Morgan fingerprint density at radius 3 is 2.29 bits per heavy atom. The van der Waals surface area contributed by atoms with Crippen molar-refractivity contribution >= 4 is 27.9 Å². The van der Waals surface area contributed by atoms with Crippen LogP contribution in [0.2, 0.25) is 0 Å². The highest BCUT2D eigenvalue weighted by Crippen LogP contribution is 2.24. The average molecular weight is 493 g/mol. The van der Waals surface area contributed by atoms with Gasteiger partial charge in [-0.15, -0.1) is 4.31 Å². The van der Waals surface area contributed by atoms with E-state index in [1.165, 1.54) is 16.6 Å². The molecule has 0 aliphatic carbocycles. The van der Waals surface area contributed by atoms with Crippen molar-refractivity contribution < 1.29 is 18.7 Å². The normalized spacial score (nSPS) is 13.9. The third-order valence-electron chi connectivity index (χ3n) is 5.31. The Bertz CT molecular complexity index is 967. The van der Waals surface area contributed by atoms with Crippen LogP contribution in [0.25, 0.3) is 0 Å². The number of carbonyl (C=O) groups excluding carboxylic acids is 1. The summed E-state index contributed by atoms with van der Waals surface area (Å²) in [7, 11) is 2.48. The first-order valence-corrected chi connectivity index (χ1v) is 13.3. The molecule has 34 heavy (non-hydrogen) atoms. The third kappa shape index (κ3) is 8.35. The number of likely N-dealkylation sites (N-methyl/N-ethyl adjacent to an activating group) is 2. The van der Waals surface area contributed by atoms with E-state index in [2.05, 4.69) is 10.3 Å². The SMILES string of the molecule is CCCN(c1cc(C(=O)NC(CO)Cc2ccccc2)cc(N(C)CCN(C)C)n1)[S+](C)(=O)O. The molecule has 10 heteroatoms. The molecule has 3 N–H and O–H groups in total. The van der Waals surface area contributed by atoms with E-state index >= 15 is 0 Å². The van der Waals surface area contributed by atoms with Crippen molar-refractivity contribution in [2.75, 3.05) is 62.8 Å². The minimum absolute atomic E-state index is 0.213. The molecule has 2 unspecified atom stereocenters. The van der Waals surface area contributed by atoms with Gasteiger partial charge >= 0.3 is 10.4 Å². The van der Waals surface area contributed by atoms with Crippen LogP contribution in [0.5, 0.6) is 0 Å². The highest BCUT2D eigenvalue weighted by Gasteiger charge is 2.31. The molecule has 0 fully saturated rings. The van der Waals surface area contributed by atoms with Crippen molar-refractivity contribution in [3.05, 3.63) is 53.6 Å². The minimum atomic E-state index is -3.34. The number of carbonyl (C=O) groups is 1. The summed E-state index contributed by atoms with van der Waals surface area (Å²) in [6.07, 6.45) is 2.37. The van der Waals surface area contributed by atoms with Crippen LogP contribution >= 0.6 is 0 Å². The highest BCUT2D eigenvalue weighted by atomic mass is 32.3. The van der Waals surface area contributed by atoms with Gasteiger partial charge < -0.3 is 20.2 Å². The zero-order chi connectivity index (χ0) is 25.3. The zero-order valence-electron chi connectivity index (χ0n) is 20.8. The van der Waals surface area contributed by atoms with Gasteiger partial charge in [-0.25, -0.2) is 4.98 Å². The molecule has 0 spiro atoms. The van der Waals surface area contributed by atoms with Gasteiger partial charge in [0.1, 0.15) is 5.82 Å². The summed E-state index contributed by atoms with van der Waals surface area (Å²) in [5.74, 6) is 0.413. The summed E-state index contributed by atoms with van der Waals surface area (Å²) in [5.41, 5.74) is 1.31. The number of rotatable bonds is 13. The van der Waals surface area contributed by atoms with Gasteiger partial charge in [0.15, 0.2) is 12.1 Å². The van der Waals surface area contributed by atoms with Crippen molar-refractivity contribution in [3.8, 4) is 0 Å². The molecule has 188 valence electrons. The van der Waals surface area contributed by atoms with Crippen LogP contribution in [0.3, 0.4) is 0 Å². The van der Waals surface area contributed by atoms with Gasteiger partial charge in [-0.05, 0) is 48.8 Å². The summed E-state index contributed by atoms with van der Waals surface area (Å²) >= 11 is 0. The molecule has 1 aromatic heterocycles. The molecule has 2 aromatic rings. The van der Waals surface area contributed by atoms with Crippen molar-refractivity contribution in [1.29, 1.82) is 0 Å². The number of aliphatic hydroxyl groups is 1. The highest BCUT2D eigenvalue weighted by molar-refractivity contribution is 7.98.